The topological polar surface area (TPSA) is 3.24 Å². The lowest BCUT2D eigenvalue weighted by molar-refractivity contribution is 0.248. The number of rotatable bonds is 2. The minimum atomic E-state index is 0. The molecule has 0 aromatic heterocycles. The van der Waals surface area contributed by atoms with E-state index >= 15 is 0 Å². The summed E-state index contributed by atoms with van der Waals surface area (Å²) in [7, 11) is 0. The standard InChI is InChI=1S/C28H27N.ClH/c1-21-8-2-3-11-25(21)20-29-18-16-24(17-19-29)28-26-12-6-4-9-22(26)14-15-23-10-5-7-13-27(23)28;/h2-15H,16-20H2,1H3;1H. The quantitative estimate of drug-likeness (QED) is 0.342. The van der Waals surface area contributed by atoms with Crippen LogP contribution in [0.1, 0.15) is 46.2 Å². The van der Waals surface area contributed by atoms with Crippen molar-refractivity contribution in [3.05, 3.63) is 112 Å². The smallest absolute Gasteiger partial charge is 0.0236 e. The molecule has 152 valence electrons. The average Bonchev–Trinajstić information content (AvgIpc) is 2.93. The van der Waals surface area contributed by atoms with E-state index in [4.69, 9.17) is 0 Å². The Morgan fingerprint density at radius 1 is 0.700 bits per heavy atom. The lowest BCUT2D eigenvalue weighted by Crippen LogP contribution is -2.31. The van der Waals surface area contributed by atoms with Gasteiger partial charge in [-0.25, -0.2) is 0 Å². The SMILES string of the molecule is Cc1ccccc1CN1CCC(=C2c3ccccc3C=Cc3ccccc32)CC1.Cl. The highest BCUT2D eigenvalue weighted by molar-refractivity contribution is 5.94. The van der Waals surface area contributed by atoms with E-state index in [-0.39, 0.29) is 12.4 Å². The second-order valence-electron chi connectivity index (χ2n) is 8.19. The lowest BCUT2D eigenvalue weighted by atomic mass is 9.86. The monoisotopic (exact) mass is 413 g/mol. The van der Waals surface area contributed by atoms with Gasteiger partial charge in [0.05, 0.1) is 0 Å². The molecule has 0 spiro atoms. The molecule has 1 aliphatic heterocycles. The summed E-state index contributed by atoms with van der Waals surface area (Å²) in [5, 5.41) is 0. The zero-order valence-corrected chi connectivity index (χ0v) is 18.3. The Kier molecular flexibility index (Phi) is 6.22. The van der Waals surface area contributed by atoms with Crippen molar-refractivity contribution >= 4 is 30.1 Å². The van der Waals surface area contributed by atoms with Crippen LogP contribution in [0.3, 0.4) is 0 Å². The molecule has 1 saturated heterocycles. The fraction of sp³-hybridized carbons (Fsp3) is 0.214. The molecule has 1 nitrogen and oxygen atoms in total. The summed E-state index contributed by atoms with van der Waals surface area (Å²) in [5.74, 6) is 0. The first-order chi connectivity index (χ1) is 14.3. The third-order valence-electron chi connectivity index (χ3n) is 6.37. The van der Waals surface area contributed by atoms with Crippen molar-refractivity contribution in [1.82, 2.24) is 4.90 Å². The Balaban J connectivity index is 0.00000218. The van der Waals surface area contributed by atoms with Crippen molar-refractivity contribution in [2.24, 2.45) is 0 Å². The molecule has 0 radical (unpaired) electrons. The zero-order chi connectivity index (χ0) is 19.6. The van der Waals surface area contributed by atoms with E-state index in [9.17, 15) is 0 Å². The molecule has 0 saturated carbocycles. The molecule has 3 aromatic carbocycles. The highest BCUT2D eigenvalue weighted by Crippen LogP contribution is 2.38. The van der Waals surface area contributed by atoms with Crippen molar-refractivity contribution in [1.29, 1.82) is 0 Å². The Bertz CT molecular complexity index is 1050. The molecule has 0 unspecified atom stereocenters. The molecule has 30 heavy (non-hydrogen) atoms. The van der Waals surface area contributed by atoms with Crippen LogP contribution in [0.2, 0.25) is 0 Å². The van der Waals surface area contributed by atoms with Crippen LogP contribution in [0.5, 0.6) is 0 Å². The minimum absolute atomic E-state index is 0. The van der Waals surface area contributed by atoms with Gasteiger partial charge in [0.15, 0.2) is 0 Å². The summed E-state index contributed by atoms with van der Waals surface area (Å²) >= 11 is 0. The molecular formula is C28H28ClN. The van der Waals surface area contributed by atoms with E-state index in [0.717, 1.165) is 32.5 Å². The van der Waals surface area contributed by atoms with Crippen LogP contribution in [0.15, 0.2) is 78.4 Å². The van der Waals surface area contributed by atoms with Gasteiger partial charge in [-0.05, 0) is 58.7 Å². The molecule has 5 rings (SSSR count). The van der Waals surface area contributed by atoms with Crippen LogP contribution >= 0.6 is 12.4 Å². The Morgan fingerprint density at radius 2 is 1.23 bits per heavy atom. The molecular weight excluding hydrogens is 386 g/mol. The number of nitrogens with zero attached hydrogens (tertiary/aromatic N) is 1. The molecule has 1 aliphatic carbocycles. The van der Waals surface area contributed by atoms with Crippen LogP contribution in [0.4, 0.5) is 0 Å². The van der Waals surface area contributed by atoms with Gasteiger partial charge in [-0.15, -0.1) is 12.4 Å². The van der Waals surface area contributed by atoms with E-state index in [1.165, 1.54) is 39.0 Å². The predicted molar refractivity (Wildman–Crippen MR) is 131 cm³/mol. The lowest BCUT2D eigenvalue weighted by Gasteiger charge is -2.31. The van der Waals surface area contributed by atoms with E-state index < -0.39 is 0 Å². The third kappa shape index (κ3) is 4.01. The maximum Gasteiger partial charge on any atom is 0.0236 e. The second kappa shape index (κ2) is 9.04. The highest BCUT2D eigenvalue weighted by atomic mass is 35.5. The molecule has 0 amide bonds. The summed E-state index contributed by atoms with van der Waals surface area (Å²) in [6, 6.07) is 26.5. The number of hydrogen-bond donors (Lipinski definition) is 0. The molecule has 1 fully saturated rings. The van der Waals surface area contributed by atoms with Crippen molar-refractivity contribution in [2.45, 2.75) is 26.3 Å². The fourth-order valence-corrected chi connectivity index (χ4v) is 4.71. The molecule has 0 bridgehead atoms. The summed E-state index contributed by atoms with van der Waals surface area (Å²) < 4.78 is 0. The maximum atomic E-state index is 2.61. The summed E-state index contributed by atoms with van der Waals surface area (Å²) in [5.41, 5.74) is 11.4. The molecule has 1 heterocycles. The van der Waals surface area contributed by atoms with Gasteiger partial charge in [-0.1, -0.05) is 90.5 Å². The average molecular weight is 414 g/mol. The normalized spacial score (nSPS) is 15.8. The predicted octanol–water partition coefficient (Wildman–Crippen LogP) is 7.00. The van der Waals surface area contributed by atoms with E-state index in [0.29, 0.717) is 0 Å². The van der Waals surface area contributed by atoms with Crippen molar-refractivity contribution in [2.75, 3.05) is 13.1 Å². The molecule has 0 atom stereocenters. The first-order valence-corrected chi connectivity index (χ1v) is 10.7. The van der Waals surface area contributed by atoms with Gasteiger partial charge in [0.1, 0.15) is 0 Å². The minimum Gasteiger partial charge on any atom is -0.298 e. The zero-order valence-electron chi connectivity index (χ0n) is 17.5. The van der Waals surface area contributed by atoms with Gasteiger partial charge in [-0.3, -0.25) is 4.90 Å². The Hall–Kier alpha value is -2.61. The number of likely N-dealkylation sites (tertiary alicyclic amines) is 1. The summed E-state index contributed by atoms with van der Waals surface area (Å²) in [6.45, 7) is 5.54. The fourth-order valence-electron chi connectivity index (χ4n) is 4.71. The van der Waals surface area contributed by atoms with Crippen LogP contribution < -0.4 is 0 Å². The number of benzene rings is 3. The second-order valence-corrected chi connectivity index (χ2v) is 8.19. The van der Waals surface area contributed by atoms with Crippen LogP contribution in [0, 0.1) is 6.92 Å². The van der Waals surface area contributed by atoms with Gasteiger partial charge < -0.3 is 0 Å². The number of halogens is 1. The molecule has 2 aliphatic rings. The first-order valence-electron chi connectivity index (χ1n) is 10.7. The highest BCUT2D eigenvalue weighted by Gasteiger charge is 2.22. The van der Waals surface area contributed by atoms with Crippen LogP contribution in [-0.4, -0.2) is 18.0 Å². The van der Waals surface area contributed by atoms with Crippen molar-refractivity contribution < 1.29 is 0 Å². The summed E-state index contributed by atoms with van der Waals surface area (Å²) in [4.78, 5) is 2.61. The van der Waals surface area contributed by atoms with E-state index in [2.05, 4.69) is 96.8 Å². The Labute approximate surface area is 186 Å². The number of aryl methyl sites for hydroxylation is 1. The summed E-state index contributed by atoms with van der Waals surface area (Å²) in [6.07, 6.45) is 6.83. The maximum absolute atomic E-state index is 2.61. The van der Waals surface area contributed by atoms with E-state index in [1.807, 2.05) is 0 Å². The molecule has 0 N–H and O–H groups in total. The number of hydrogen-bond acceptors (Lipinski definition) is 1. The van der Waals surface area contributed by atoms with Crippen molar-refractivity contribution in [3.8, 4) is 0 Å². The van der Waals surface area contributed by atoms with Crippen LogP contribution in [-0.2, 0) is 6.54 Å². The first kappa shape index (κ1) is 20.7. The molecule has 2 heteroatoms. The number of piperidine rings is 1. The van der Waals surface area contributed by atoms with Gasteiger partial charge in [0.25, 0.3) is 0 Å². The van der Waals surface area contributed by atoms with Gasteiger partial charge >= 0.3 is 0 Å². The number of fused-ring (bicyclic) bond motifs is 2. The molecule has 3 aromatic rings. The van der Waals surface area contributed by atoms with Gasteiger partial charge in [-0.2, -0.15) is 0 Å². The van der Waals surface area contributed by atoms with E-state index in [1.54, 1.807) is 5.57 Å². The largest absolute Gasteiger partial charge is 0.298 e. The van der Waals surface area contributed by atoms with Crippen LogP contribution in [0.25, 0.3) is 17.7 Å². The Morgan fingerprint density at radius 3 is 1.83 bits per heavy atom. The van der Waals surface area contributed by atoms with Gasteiger partial charge in [0, 0.05) is 19.6 Å². The third-order valence-corrected chi connectivity index (χ3v) is 6.37. The van der Waals surface area contributed by atoms with Crippen molar-refractivity contribution in [3.63, 3.8) is 0 Å². The van der Waals surface area contributed by atoms with Gasteiger partial charge in [0.2, 0.25) is 0 Å².